The van der Waals surface area contributed by atoms with E-state index in [-0.39, 0.29) is 12.4 Å². The molecular weight excluding hydrogens is 239 g/mol. The Morgan fingerprint density at radius 3 is 2.72 bits per heavy atom. The molecule has 0 fully saturated rings. The monoisotopic (exact) mass is 245 g/mol. The lowest BCUT2D eigenvalue weighted by molar-refractivity contribution is 0.553. The minimum absolute atomic E-state index is 0.237. The predicted octanol–water partition coefficient (Wildman–Crippen LogP) is -0.330. The van der Waals surface area contributed by atoms with Crippen molar-refractivity contribution in [1.82, 2.24) is 40.8 Å². The number of nitrogens with zero attached hydrogens (tertiary/aromatic N) is 8. The molecule has 3 rings (SSSR count). The van der Waals surface area contributed by atoms with Crippen molar-refractivity contribution in [3.63, 3.8) is 0 Å². The Kier molecular flexibility index (Phi) is 2.48. The van der Waals surface area contributed by atoms with Crippen LogP contribution < -0.4 is 5.10 Å². The van der Waals surface area contributed by atoms with E-state index in [4.69, 9.17) is 0 Å². The smallest absolute Gasteiger partial charge is 0.204 e. The van der Waals surface area contributed by atoms with E-state index < -0.39 is 0 Å². The molecule has 0 aliphatic carbocycles. The number of benzene rings is 1. The van der Waals surface area contributed by atoms with Crippen molar-refractivity contribution in [2.75, 3.05) is 0 Å². The number of aromatic nitrogens is 8. The van der Waals surface area contributed by atoms with Crippen LogP contribution in [-0.4, -0.2) is 35.7 Å². The molecule has 90 valence electrons. The quantitative estimate of drug-likeness (QED) is 0.623. The van der Waals surface area contributed by atoms with Gasteiger partial charge in [0.2, 0.25) is 5.82 Å². The van der Waals surface area contributed by atoms with Crippen molar-refractivity contribution >= 4 is 0 Å². The molecule has 1 aromatic carbocycles. The Labute approximate surface area is 99.8 Å². The molecule has 0 bridgehead atoms. The van der Waals surface area contributed by atoms with Gasteiger partial charge in [0.25, 0.3) is 0 Å². The zero-order valence-corrected chi connectivity index (χ0v) is 8.97. The fourth-order valence-corrected chi connectivity index (χ4v) is 1.38. The van der Waals surface area contributed by atoms with Gasteiger partial charge in [-0.15, -0.1) is 10.2 Å². The molecule has 3 aromatic rings. The third-order valence-corrected chi connectivity index (χ3v) is 2.20. The summed E-state index contributed by atoms with van der Waals surface area (Å²) in [6, 6.07) is 5.84. The van der Waals surface area contributed by atoms with Gasteiger partial charge >= 0.3 is 0 Å². The minimum atomic E-state index is -0.312. The Morgan fingerprint density at radius 1 is 1.17 bits per heavy atom. The van der Waals surface area contributed by atoms with Gasteiger partial charge in [-0.1, -0.05) is 0 Å². The summed E-state index contributed by atoms with van der Waals surface area (Å²) in [5.74, 6) is 0.494. The van der Waals surface area contributed by atoms with Crippen LogP contribution >= 0.6 is 0 Å². The second-order valence-electron chi connectivity index (χ2n) is 3.45. The van der Waals surface area contributed by atoms with E-state index in [1.54, 1.807) is 12.1 Å². The summed E-state index contributed by atoms with van der Waals surface area (Å²) in [6.07, 6.45) is 0. The van der Waals surface area contributed by atoms with Crippen LogP contribution in [0.1, 0.15) is 5.82 Å². The molecular formula is C9H6FN8-. The van der Waals surface area contributed by atoms with Crippen LogP contribution in [0.4, 0.5) is 4.39 Å². The SMILES string of the molecule is Fc1ccc(-c2nnn(Cc3nnn[n-]3)n2)cc1. The highest BCUT2D eigenvalue weighted by Gasteiger charge is 2.05. The van der Waals surface area contributed by atoms with Gasteiger partial charge in [-0.05, 0) is 29.5 Å². The molecule has 0 saturated heterocycles. The number of halogens is 1. The number of hydrogen-bond acceptors (Lipinski definition) is 6. The Balaban J connectivity index is 1.83. The second kappa shape index (κ2) is 4.28. The first-order valence-corrected chi connectivity index (χ1v) is 5.02. The van der Waals surface area contributed by atoms with Gasteiger partial charge in [0.15, 0.2) is 0 Å². The van der Waals surface area contributed by atoms with E-state index in [0.29, 0.717) is 17.2 Å². The standard InChI is InChI=1S/C9H6FN8/c10-7-3-1-6(2-4-7)9-13-17-18(14-9)5-8-11-15-16-12-8/h1-4H,5H2/q-1. The Morgan fingerprint density at radius 2 is 2.00 bits per heavy atom. The first-order chi connectivity index (χ1) is 8.81. The van der Waals surface area contributed by atoms with E-state index in [9.17, 15) is 4.39 Å². The first-order valence-electron chi connectivity index (χ1n) is 5.02. The molecule has 0 radical (unpaired) electrons. The molecule has 0 N–H and O–H groups in total. The second-order valence-corrected chi connectivity index (χ2v) is 3.45. The highest BCUT2D eigenvalue weighted by molar-refractivity contribution is 5.53. The molecule has 0 aliphatic rings. The third-order valence-electron chi connectivity index (χ3n) is 2.20. The van der Waals surface area contributed by atoms with Crippen molar-refractivity contribution in [2.45, 2.75) is 6.54 Å². The van der Waals surface area contributed by atoms with Gasteiger partial charge in [0.05, 0.1) is 6.54 Å². The van der Waals surface area contributed by atoms with E-state index in [1.165, 1.54) is 16.9 Å². The largest absolute Gasteiger partial charge is 0.333 e. The maximum atomic E-state index is 12.8. The van der Waals surface area contributed by atoms with Crippen molar-refractivity contribution in [3.05, 3.63) is 35.9 Å². The summed E-state index contributed by atoms with van der Waals surface area (Å²) in [5, 5.41) is 25.8. The average Bonchev–Trinajstić information content (AvgIpc) is 3.02. The van der Waals surface area contributed by atoms with Gasteiger partial charge in [0.1, 0.15) is 5.82 Å². The summed E-state index contributed by atoms with van der Waals surface area (Å²) in [4.78, 5) is 1.32. The molecule has 0 aliphatic heterocycles. The van der Waals surface area contributed by atoms with Gasteiger partial charge in [-0.25, -0.2) is 4.39 Å². The normalized spacial score (nSPS) is 10.7. The molecule has 9 heteroatoms. The van der Waals surface area contributed by atoms with Crippen molar-refractivity contribution in [1.29, 1.82) is 0 Å². The summed E-state index contributed by atoms with van der Waals surface area (Å²) < 4.78 is 12.8. The fourth-order valence-electron chi connectivity index (χ4n) is 1.38. The zero-order valence-electron chi connectivity index (χ0n) is 8.97. The highest BCUT2D eigenvalue weighted by Crippen LogP contribution is 2.13. The Bertz CT molecular complexity index is 629. The van der Waals surface area contributed by atoms with Gasteiger partial charge < -0.3 is 5.10 Å². The maximum Gasteiger partial charge on any atom is 0.204 e. The Hall–Kier alpha value is -2.71. The molecule has 0 atom stereocenters. The molecule has 0 spiro atoms. The van der Waals surface area contributed by atoms with Crippen LogP contribution in [0, 0.1) is 5.82 Å². The van der Waals surface area contributed by atoms with Crippen LogP contribution in [0.5, 0.6) is 0 Å². The number of hydrogen-bond donors (Lipinski definition) is 0. The average molecular weight is 245 g/mol. The van der Waals surface area contributed by atoms with Crippen LogP contribution in [0.3, 0.4) is 0 Å². The molecule has 2 heterocycles. The lowest BCUT2D eigenvalue weighted by atomic mass is 10.2. The van der Waals surface area contributed by atoms with Crippen molar-refractivity contribution in [3.8, 4) is 11.4 Å². The van der Waals surface area contributed by atoms with E-state index >= 15 is 0 Å². The summed E-state index contributed by atoms with van der Waals surface area (Å²) in [6.45, 7) is 0.237. The molecule has 18 heavy (non-hydrogen) atoms. The van der Waals surface area contributed by atoms with Gasteiger partial charge in [-0.3, -0.25) is 10.3 Å². The number of rotatable bonds is 3. The van der Waals surface area contributed by atoms with E-state index in [2.05, 4.69) is 36.0 Å². The fraction of sp³-hybridized carbons (Fsp3) is 0.111. The lowest BCUT2D eigenvalue weighted by Gasteiger charge is -1.96. The lowest BCUT2D eigenvalue weighted by Crippen LogP contribution is -2.06. The van der Waals surface area contributed by atoms with Gasteiger partial charge in [0, 0.05) is 11.4 Å². The summed E-state index contributed by atoms with van der Waals surface area (Å²) >= 11 is 0. The van der Waals surface area contributed by atoms with Crippen LogP contribution in [0.2, 0.25) is 0 Å². The highest BCUT2D eigenvalue weighted by atomic mass is 19.1. The molecule has 0 saturated carbocycles. The topological polar surface area (TPSA) is 96.4 Å². The first kappa shape index (κ1) is 10.4. The molecule has 0 unspecified atom stereocenters. The van der Waals surface area contributed by atoms with Crippen LogP contribution in [0.15, 0.2) is 24.3 Å². The van der Waals surface area contributed by atoms with Crippen LogP contribution in [-0.2, 0) is 6.54 Å². The third kappa shape index (κ3) is 2.05. The predicted molar refractivity (Wildman–Crippen MR) is 55.5 cm³/mol. The molecule has 0 amide bonds. The van der Waals surface area contributed by atoms with E-state index in [1.807, 2.05) is 0 Å². The van der Waals surface area contributed by atoms with Crippen LogP contribution in [0.25, 0.3) is 11.4 Å². The number of tetrazole rings is 2. The van der Waals surface area contributed by atoms with Crippen molar-refractivity contribution < 1.29 is 4.39 Å². The minimum Gasteiger partial charge on any atom is -0.333 e. The molecule has 8 nitrogen and oxygen atoms in total. The van der Waals surface area contributed by atoms with E-state index in [0.717, 1.165) is 0 Å². The van der Waals surface area contributed by atoms with Crippen molar-refractivity contribution in [2.24, 2.45) is 0 Å². The summed E-state index contributed by atoms with van der Waals surface area (Å²) in [7, 11) is 0. The maximum absolute atomic E-state index is 12.8. The molecule has 2 aromatic heterocycles. The summed E-state index contributed by atoms with van der Waals surface area (Å²) in [5.41, 5.74) is 0.683. The van der Waals surface area contributed by atoms with Gasteiger partial charge in [-0.2, -0.15) is 10.0 Å². The zero-order chi connectivity index (χ0) is 12.4.